The average molecular weight is 342 g/mol. The number of carbonyl (C=O) groups is 2. The molecule has 0 spiro atoms. The summed E-state index contributed by atoms with van der Waals surface area (Å²) in [6.07, 6.45) is 2.81. The maximum absolute atomic E-state index is 12.0. The number of aromatic nitrogens is 1. The molecule has 3 amide bonds. The second-order valence-electron chi connectivity index (χ2n) is 5.33. The number of rotatable bonds is 7. The van der Waals surface area contributed by atoms with Crippen molar-refractivity contribution in [1.82, 2.24) is 10.3 Å². The van der Waals surface area contributed by atoms with Gasteiger partial charge in [0.05, 0.1) is 0 Å². The Kier molecular flexibility index (Phi) is 6.91. The Labute approximate surface area is 146 Å². The predicted molar refractivity (Wildman–Crippen MR) is 96.3 cm³/mol. The third kappa shape index (κ3) is 6.23. The zero-order chi connectivity index (χ0) is 18.1. The number of benzene rings is 1. The number of hydrogen-bond donors (Lipinski definition) is 3. The molecule has 132 valence electrons. The molecule has 0 saturated carbocycles. The fourth-order valence-electron chi connectivity index (χ4n) is 2.10. The quantitative estimate of drug-likeness (QED) is 0.721. The molecule has 0 aliphatic rings. The number of amides is 3. The van der Waals surface area contributed by atoms with E-state index in [2.05, 4.69) is 20.9 Å². The smallest absolute Gasteiger partial charge is 0.319 e. The lowest BCUT2D eigenvalue weighted by Crippen LogP contribution is -2.29. The van der Waals surface area contributed by atoms with Gasteiger partial charge in [-0.3, -0.25) is 9.78 Å². The van der Waals surface area contributed by atoms with E-state index in [-0.39, 0.29) is 11.9 Å². The van der Waals surface area contributed by atoms with E-state index in [9.17, 15) is 9.59 Å². The molecule has 0 aliphatic carbocycles. The normalized spacial score (nSPS) is 11.4. The van der Waals surface area contributed by atoms with E-state index in [1.54, 1.807) is 43.6 Å². The Morgan fingerprint density at radius 3 is 2.48 bits per heavy atom. The summed E-state index contributed by atoms with van der Waals surface area (Å²) < 4.78 is 5.25. The minimum atomic E-state index is -0.537. The summed E-state index contributed by atoms with van der Waals surface area (Å²) in [7, 11) is 0. The third-order valence-electron chi connectivity index (χ3n) is 3.38. The largest absolute Gasteiger partial charge is 0.369 e. The molecule has 25 heavy (non-hydrogen) atoms. The van der Waals surface area contributed by atoms with Gasteiger partial charge in [-0.25, -0.2) is 4.79 Å². The van der Waals surface area contributed by atoms with Crippen molar-refractivity contribution < 1.29 is 14.3 Å². The van der Waals surface area contributed by atoms with Gasteiger partial charge >= 0.3 is 6.03 Å². The van der Waals surface area contributed by atoms with Crippen LogP contribution in [0.4, 0.5) is 16.2 Å². The molecule has 1 atom stereocenters. The SMILES string of the molecule is CCO[C@H](C)C(=O)Nc1cccc(NC(=O)NCc2ccncc2)c1. The van der Waals surface area contributed by atoms with Crippen molar-refractivity contribution in [2.24, 2.45) is 0 Å². The van der Waals surface area contributed by atoms with E-state index in [0.717, 1.165) is 5.56 Å². The van der Waals surface area contributed by atoms with Crippen LogP contribution in [0.2, 0.25) is 0 Å². The van der Waals surface area contributed by atoms with E-state index in [1.807, 2.05) is 19.1 Å². The number of ether oxygens (including phenoxy) is 1. The first-order chi connectivity index (χ1) is 12.1. The highest BCUT2D eigenvalue weighted by Gasteiger charge is 2.12. The van der Waals surface area contributed by atoms with Gasteiger partial charge in [0.15, 0.2) is 0 Å². The summed E-state index contributed by atoms with van der Waals surface area (Å²) in [5.41, 5.74) is 2.12. The average Bonchev–Trinajstić information content (AvgIpc) is 2.61. The molecule has 0 radical (unpaired) electrons. The molecule has 0 aliphatic heterocycles. The van der Waals surface area contributed by atoms with Crippen LogP contribution in [0.5, 0.6) is 0 Å². The molecule has 0 saturated heterocycles. The molecule has 7 nitrogen and oxygen atoms in total. The van der Waals surface area contributed by atoms with Gasteiger partial charge in [0.2, 0.25) is 0 Å². The van der Waals surface area contributed by atoms with Crippen LogP contribution in [-0.2, 0) is 16.1 Å². The first-order valence-electron chi connectivity index (χ1n) is 8.04. The Morgan fingerprint density at radius 2 is 1.80 bits per heavy atom. The van der Waals surface area contributed by atoms with Crippen molar-refractivity contribution in [3.63, 3.8) is 0 Å². The third-order valence-corrected chi connectivity index (χ3v) is 3.38. The van der Waals surface area contributed by atoms with Crippen LogP contribution >= 0.6 is 0 Å². The van der Waals surface area contributed by atoms with Gasteiger partial charge in [-0.05, 0) is 49.7 Å². The molecule has 0 bridgehead atoms. The predicted octanol–water partition coefficient (Wildman–Crippen LogP) is 2.77. The minimum Gasteiger partial charge on any atom is -0.369 e. The van der Waals surface area contributed by atoms with Crippen LogP contribution in [-0.4, -0.2) is 29.6 Å². The van der Waals surface area contributed by atoms with Crippen molar-refractivity contribution in [1.29, 1.82) is 0 Å². The van der Waals surface area contributed by atoms with Gasteiger partial charge in [-0.15, -0.1) is 0 Å². The van der Waals surface area contributed by atoms with Gasteiger partial charge in [0.25, 0.3) is 5.91 Å². The molecule has 0 unspecified atom stereocenters. The van der Waals surface area contributed by atoms with Crippen molar-refractivity contribution in [3.8, 4) is 0 Å². The summed E-state index contributed by atoms with van der Waals surface area (Å²) in [4.78, 5) is 27.8. The minimum absolute atomic E-state index is 0.235. The highest BCUT2D eigenvalue weighted by Crippen LogP contribution is 2.15. The van der Waals surface area contributed by atoms with Gasteiger partial charge in [-0.2, -0.15) is 0 Å². The van der Waals surface area contributed by atoms with Gasteiger partial charge in [0, 0.05) is 36.9 Å². The lowest BCUT2D eigenvalue weighted by Gasteiger charge is -2.13. The lowest BCUT2D eigenvalue weighted by atomic mass is 10.2. The number of anilines is 2. The van der Waals surface area contributed by atoms with E-state index in [4.69, 9.17) is 4.74 Å². The topological polar surface area (TPSA) is 92.4 Å². The summed E-state index contributed by atoms with van der Waals surface area (Å²) in [6, 6.07) is 10.3. The van der Waals surface area contributed by atoms with Crippen molar-refractivity contribution in [3.05, 3.63) is 54.4 Å². The Bertz CT molecular complexity index is 706. The molecular weight excluding hydrogens is 320 g/mol. The van der Waals surface area contributed by atoms with E-state index in [0.29, 0.717) is 24.5 Å². The summed E-state index contributed by atoms with van der Waals surface area (Å²) in [6.45, 7) is 4.39. The second-order valence-corrected chi connectivity index (χ2v) is 5.33. The van der Waals surface area contributed by atoms with Crippen LogP contribution in [0.3, 0.4) is 0 Å². The monoisotopic (exact) mass is 342 g/mol. The van der Waals surface area contributed by atoms with Crippen molar-refractivity contribution in [2.75, 3.05) is 17.2 Å². The molecule has 3 N–H and O–H groups in total. The number of nitrogens with zero attached hydrogens (tertiary/aromatic N) is 1. The highest BCUT2D eigenvalue weighted by molar-refractivity contribution is 5.95. The lowest BCUT2D eigenvalue weighted by molar-refractivity contribution is -0.126. The number of nitrogens with one attached hydrogen (secondary N) is 3. The summed E-state index contributed by atoms with van der Waals surface area (Å²) in [5.74, 6) is -0.235. The van der Waals surface area contributed by atoms with Gasteiger partial charge < -0.3 is 20.7 Å². The van der Waals surface area contributed by atoms with E-state index < -0.39 is 6.10 Å². The molecule has 0 fully saturated rings. The Morgan fingerprint density at radius 1 is 1.12 bits per heavy atom. The number of pyridine rings is 1. The van der Waals surface area contributed by atoms with Crippen LogP contribution in [0.1, 0.15) is 19.4 Å². The van der Waals surface area contributed by atoms with Crippen LogP contribution in [0.15, 0.2) is 48.8 Å². The van der Waals surface area contributed by atoms with E-state index >= 15 is 0 Å². The standard InChI is InChI=1S/C18H22N4O3/c1-3-25-13(2)17(23)21-15-5-4-6-16(11-15)22-18(24)20-12-14-7-9-19-10-8-14/h4-11,13H,3,12H2,1-2H3,(H,21,23)(H2,20,22,24)/t13-/m1/s1. The summed E-state index contributed by atoms with van der Waals surface area (Å²) >= 11 is 0. The maximum atomic E-state index is 12.0. The van der Waals surface area contributed by atoms with Crippen LogP contribution in [0.25, 0.3) is 0 Å². The van der Waals surface area contributed by atoms with Crippen molar-refractivity contribution >= 4 is 23.3 Å². The molecule has 1 heterocycles. The number of carbonyl (C=O) groups excluding carboxylic acids is 2. The van der Waals surface area contributed by atoms with E-state index in [1.165, 1.54) is 0 Å². The Hall–Kier alpha value is -2.93. The zero-order valence-electron chi connectivity index (χ0n) is 14.3. The zero-order valence-corrected chi connectivity index (χ0v) is 14.3. The Balaban J connectivity index is 1.88. The number of urea groups is 1. The van der Waals surface area contributed by atoms with Gasteiger partial charge in [-0.1, -0.05) is 6.07 Å². The highest BCUT2D eigenvalue weighted by atomic mass is 16.5. The van der Waals surface area contributed by atoms with Gasteiger partial charge in [0.1, 0.15) is 6.10 Å². The van der Waals surface area contributed by atoms with Crippen LogP contribution in [0, 0.1) is 0 Å². The molecule has 2 aromatic rings. The van der Waals surface area contributed by atoms with Crippen LogP contribution < -0.4 is 16.0 Å². The number of hydrogen-bond acceptors (Lipinski definition) is 4. The second kappa shape index (κ2) is 9.39. The molecular formula is C18H22N4O3. The first kappa shape index (κ1) is 18.4. The van der Waals surface area contributed by atoms with Crippen molar-refractivity contribution in [2.45, 2.75) is 26.5 Å². The molecule has 1 aromatic heterocycles. The fraction of sp³-hybridized carbons (Fsp3) is 0.278. The maximum Gasteiger partial charge on any atom is 0.319 e. The molecule has 7 heteroatoms. The molecule has 2 rings (SSSR count). The first-order valence-corrected chi connectivity index (χ1v) is 8.04. The molecule has 1 aromatic carbocycles. The summed E-state index contributed by atoms with van der Waals surface area (Å²) in [5, 5.41) is 8.24. The fourth-order valence-corrected chi connectivity index (χ4v) is 2.10.